The molecule has 0 aliphatic heterocycles. The average molecular weight is 235 g/mol. The van der Waals surface area contributed by atoms with Crippen LogP contribution < -0.4 is 10.6 Å². The van der Waals surface area contributed by atoms with Gasteiger partial charge in [-0.3, -0.25) is 4.84 Å². The first-order chi connectivity index (χ1) is 8.20. The second kappa shape index (κ2) is 5.52. The smallest absolute Gasteiger partial charge is 0.127 e. The van der Waals surface area contributed by atoms with Crippen molar-refractivity contribution in [2.75, 3.05) is 6.61 Å². The van der Waals surface area contributed by atoms with Gasteiger partial charge in [-0.25, -0.2) is 5.90 Å². The van der Waals surface area contributed by atoms with Gasteiger partial charge in [0.2, 0.25) is 0 Å². The molecule has 3 heteroatoms. The van der Waals surface area contributed by atoms with Crippen molar-refractivity contribution in [1.82, 2.24) is 0 Å². The molecule has 1 fully saturated rings. The number of benzene rings is 1. The van der Waals surface area contributed by atoms with Gasteiger partial charge in [0.25, 0.3) is 0 Å². The van der Waals surface area contributed by atoms with Crippen molar-refractivity contribution < 1.29 is 9.57 Å². The fraction of sp³-hybridized carbons (Fsp3) is 0.571. The molecule has 3 nitrogen and oxygen atoms in total. The summed E-state index contributed by atoms with van der Waals surface area (Å²) >= 11 is 0. The Balaban J connectivity index is 2.11. The minimum atomic E-state index is 0.405. The van der Waals surface area contributed by atoms with Crippen LogP contribution in [0.5, 0.6) is 5.75 Å². The van der Waals surface area contributed by atoms with Crippen LogP contribution in [0.4, 0.5) is 0 Å². The van der Waals surface area contributed by atoms with Gasteiger partial charge in [0, 0.05) is 5.56 Å². The minimum Gasteiger partial charge on any atom is -0.493 e. The SMILES string of the molecule is Cc1cc(C)c(OCC2CCC2)c(CON)c1. The van der Waals surface area contributed by atoms with Gasteiger partial charge >= 0.3 is 0 Å². The molecule has 0 heterocycles. The van der Waals surface area contributed by atoms with E-state index in [0.717, 1.165) is 29.4 Å². The maximum atomic E-state index is 5.94. The topological polar surface area (TPSA) is 44.5 Å². The Morgan fingerprint density at radius 1 is 1.29 bits per heavy atom. The van der Waals surface area contributed by atoms with Crippen LogP contribution in [0.25, 0.3) is 0 Å². The number of hydrogen-bond acceptors (Lipinski definition) is 3. The zero-order valence-corrected chi connectivity index (χ0v) is 10.7. The molecule has 1 aromatic carbocycles. The highest BCUT2D eigenvalue weighted by atomic mass is 16.6. The van der Waals surface area contributed by atoms with Crippen LogP contribution in [0.1, 0.15) is 36.0 Å². The lowest BCUT2D eigenvalue weighted by Gasteiger charge is -2.26. The lowest BCUT2D eigenvalue weighted by atomic mass is 9.86. The molecule has 0 spiro atoms. The summed E-state index contributed by atoms with van der Waals surface area (Å²) in [6.45, 7) is 5.37. The first kappa shape index (κ1) is 12.4. The summed E-state index contributed by atoms with van der Waals surface area (Å²) in [5.74, 6) is 6.86. The monoisotopic (exact) mass is 235 g/mol. The highest BCUT2D eigenvalue weighted by Crippen LogP contribution is 2.30. The third-order valence-corrected chi connectivity index (χ3v) is 3.42. The van der Waals surface area contributed by atoms with E-state index < -0.39 is 0 Å². The Morgan fingerprint density at radius 2 is 2.06 bits per heavy atom. The highest BCUT2D eigenvalue weighted by molar-refractivity contribution is 5.43. The molecule has 2 N–H and O–H groups in total. The van der Waals surface area contributed by atoms with Crippen LogP contribution in [-0.4, -0.2) is 6.61 Å². The number of rotatable bonds is 5. The molecule has 0 atom stereocenters. The highest BCUT2D eigenvalue weighted by Gasteiger charge is 2.19. The second-order valence-electron chi connectivity index (χ2n) is 4.99. The summed E-state index contributed by atoms with van der Waals surface area (Å²) in [6.07, 6.45) is 3.95. The molecular weight excluding hydrogens is 214 g/mol. The third kappa shape index (κ3) is 2.99. The van der Waals surface area contributed by atoms with Gasteiger partial charge in [-0.2, -0.15) is 0 Å². The molecule has 0 aromatic heterocycles. The molecule has 2 rings (SSSR count). The predicted molar refractivity (Wildman–Crippen MR) is 67.7 cm³/mol. The molecule has 1 saturated carbocycles. The fourth-order valence-electron chi connectivity index (χ4n) is 2.31. The predicted octanol–water partition coefficient (Wildman–Crippen LogP) is 2.87. The maximum absolute atomic E-state index is 5.94. The van der Waals surface area contributed by atoms with Crippen molar-refractivity contribution in [2.45, 2.75) is 39.7 Å². The molecule has 0 saturated heterocycles. The molecule has 17 heavy (non-hydrogen) atoms. The van der Waals surface area contributed by atoms with E-state index in [-0.39, 0.29) is 0 Å². The van der Waals surface area contributed by atoms with Gasteiger partial charge < -0.3 is 4.74 Å². The first-order valence-electron chi connectivity index (χ1n) is 6.25. The van der Waals surface area contributed by atoms with E-state index >= 15 is 0 Å². The standard InChI is InChI=1S/C14H21NO2/c1-10-6-11(2)14(13(7-10)9-17-15)16-8-12-4-3-5-12/h6-7,12H,3-5,8-9,15H2,1-2H3. The van der Waals surface area contributed by atoms with Crippen molar-refractivity contribution in [3.05, 3.63) is 28.8 Å². The van der Waals surface area contributed by atoms with Crippen LogP contribution in [0.2, 0.25) is 0 Å². The zero-order valence-electron chi connectivity index (χ0n) is 10.7. The number of nitrogens with two attached hydrogens (primary N) is 1. The van der Waals surface area contributed by atoms with Crippen molar-refractivity contribution in [3.8, 4) is 5.75 Å². The molecule has 1 aliphatic rings. The number of ether oxygens (including phenoxy) is 1. The number of hydrogen-bond donors (Lipinski definition) is 1. The van der Waals surface area contributed by atoms with Crippen LogP contribution in [-0.2, 0) is 11.4 Å². The Morgan fingerprint density at radius 3 is 2.65 bits per heavy atom. The Labute approximate surface area is 103 Å². The van der Waals surface area contributed by atoms with Crippen molar-refractivity contribution in [3.63, 3.8) is 0 Å². The van der Waals surface area contributed by atoms with E-state index in [0.29, 0.717) is 6.61 Å². The van der Waals surface area contributed by atoms with Gasteiger partial charge in [-0.05, 0) is 44.2 Å². The Bertz CT molecular complexity index is 386. The van der Waals surface area contributed by atoms with Gasteiger partial charge in [-0.1, -0.05) is 18.1 Å². The van der Waals surface area contributed by atoms with Gasteiger partial charge in [0.1, 0.15) is 5.75 Å². The normalized spacial score (nSPS) is 15.7. The van der Waals surface area contributed by atoms with Crippen LogP contribution in [0, 0.1) is 19.8 Å². The maximum Gasteiger partial charge on any atom is 0.127 e. The Kier molecular flexibility index (Phi) is 4.02. The fourth-order valence-corrected chi connectivity index (χ4v) is 2.31. The molecular formula is C14H21NO2. The van der Waals surface area contributed by atoms with Crippen molar-refractivity contribution >= 4 is 0 Å². The molecule has 0 bridgehead atoms. The molecule has 94 valence electrons. The molecule has 0 amide bonds. The summed E-state index contributed by atoms with van der Waals surface area (Å²) < 4.78 is 5.94. The molecule has 1 aliphatic carbocycles. The van der Waals surface area contributed by atoms with E-state index in [1.54, 1.807) is 0 Å². The Hall–Kier alpha value is -1.06. The molecule has 0 radical (unpaired) electrons. The van der Waals surface area contributed by atoms with Gasteiger partial charge in [0.05, 0.1) is 13.2 Å². The zero-order chi connectivity index (χ0) is 12.3. The summed E-state index contributed by atoms with van der Waals surface area (Å²) in [5.41, 5.74) is 3.42. The van der Waals surface area contributed by atoms with Gasteiger partial charge in [0.15, 0.2) is 0 Å². The lowest BCUT2D eigenvalue weighted by molar-refractivity contribution is 0.118. The quantitative estimate of drug-likeness (QED) is 0.798. The van der Waals surface area contributed by atoms with E-state index in [1.165, 1.54) is 24.8 Å². The van der Waals surface area contributed by atoms with Crippen LogP contribution >= 0.6 is 0 Å². The van der Waals surface area contributed by atoms with Crippen molar-refractivity contribution in [2.24, 2.45) is 11.8 Å². The molecule has 0 unspecified atom stereocenters. The third-order valence-electron chi connectivity index (χ3n) is 3.42. The second-order valence-corrected chi connectivity index (χ2v) is 4.99. The molecule has 1 aromatic rings. The minimum absolute atomic E-state index is 0.405. The average Bonchev–Trinajstić information content (AvgIpc) is 2.19. The lowest BCUT2D eigenvalue weighted by Crippen LogP contribution is -2.20. The van der Waals surface area contributed by atoms with E-state index in [1.807, 2.05) is 0 Å². The summed E-state index contributed by atoms with van der Waals surface area (Å²) in [7, 11) is 0. The summed E-state index contributed by atoms with van der Waals surface area (Å²) in [6, 6.07) is 4.21. The van der Waals surface area contributed by atoms with E-state index in [2.05, 4.69) is 26.0 Å². The van der Waals surface area contributed by atoms with E-state index in [9.17, 15) is 0 Å². The summed E-state index contributed by atoms with van der Waals surface area (Å²) in [4.78, 5) is 4.75. The summed E-state index contributed by atoms with van der Waals surface area (Å²) in [5, 5.41) is 0. The van der Waals surface area contributed by atoms with Crippen LogP contribution in [0.15, 0.2) is 12.1 Å². The van der Waals surface area contributed by atoms with Gasteiger partial charge in [-0.15, -0.1) is 0 Å². The van der Waals surface area contributed by atoms with Crippen molar-refractivity contribution in [1.29, 1.82) is 0 Å². The van der Waals surface area contributed by atoms with Crippen LogP contribution in [0.3, 0.4) is 0 Å². The first-order valence-corrected chi connectivity index (χ1v) is 6.25. The number of aryl methyl sites for hydroxylation is 2. The largest absolute Gasteiger partial charge is 0.493 e. The van der Waals surface area contributed by atoms with E-state index in [4.69, 9.17) is 15.5 Å².